The van der Waals surface area contributed by atoms with Gasteiger partial charge in [-0.3, -0.25) is 4.79 Å². The van der Waals surface area contributed by atoms with Gasteiger partial charge in [0.05, 0.1) is 0 Å². The van der Waals surface area contributed by atoms with Crippen molar-refractivity contribution in [1.82, 2.24) is 0 Å². The van der Waals surface area contributed by atoms with E-state index >= 15 is 0 Å². The van der Waals surface area contributed by atoms with E-state index in [2.05, 4.69) is 5.32 Å². The Bertz CT molecular complexity index is 673. The molecule has 0 aliphatic heterocycles. The summed E-state index contributed by atoms with van der Waals surface area (Å²) < 4.78 is 0. The normalized spacial score (nSPS) is 11.3. The molecule has 2 nitrogen and oxygen atoms in total. The van der Waals surface area contributed by atoms with Crippen molar-refractivity contribution < 1.29 is 4.79 Å². The summed E-state index contributed by atoms with van der Waals surface area (Å²) in [4.78, 5) is 12.1. The number of carbonyl (C=O) groups excluding carboxylic acids is 1. The van der Waals surface area contributed by atoms with Crippen LogP contribution in [0.15, 0.2) is 54.2 Å². The van der Waals surface area contributed by atoms with Gasteiger partial charge in [-0.25, -0.2) is 0 Å². The van der Waals surface area contributed by atoms with Gasteiger partial charge in [-0.15, -0.1) is 0 Å². The van der Waals surface area contributed by atoms with Crippen LogP contribution in [0, 0.1) is 0 Å². The van der Waals surface area contributed by atoms with E-state index < -0.39 is 0 Å². The summed E-state index contributed by atoms with van der Waals surface area (Å²) >= 11 is 17.6. The molecule has 0 saturated carbocycles. The fourth-order valence-corrected chi connectivity index (χ4v) is 2.44. The summed E-state index contributed by atoms with van der Waals surface area (Å²) in [6, 6.07) is 11.8. The molecular formula is C16H12Cl3NO. The molecule has 0 aliphatic carbocycles. The number of benzene rings is 2. The molecule has 21 heavy (non-hydrogen) atoms. The van der Waals surface area contributed by atoms with Crippen LogP contribution in [-0.4, -0.2) is 5.78 Å². The third-order valence-electron chi connectivity index (χ3n) is 2.68. The first-order valence-electron chi connectivity index (χ1n) is 6.15. The molecule has 0 bridgehead atoms. The van der Waals surface area contributed by atoms with Crippen LogP contribution in [0.2, 0.25) is 15.1 Å². The number of nitrogens with one attached hydrogen (secondary N) is 1. The smallest absolute Gasteiger partial charge is 0.187 e. The Morgan fingerprint density at radius 1 is 0.952 bits per heavy atom. The van der Waals surface area contributed by atoms with Crippen LogP contribution in [0.4, 0.5) is 5.69 Å². The van der Waals surface area contributed by atoms with Gasteiger partial charge in [0, 0.05) is 38.1 Å². The van der Waals surface area contributed by atoms with Crippen molar-refractivity contribution >= 4 is 46.3 Å². The molecule has 2 aromatic rings. The lowest BCUT2D eigenvalue weighted by atomic mass is 10.1. The molecule has 108 valence electrons. The van der Waals surface area contributed by atoms with Crippen LogP contribution in [0.1, 0.15) is 17.3 Å². The van der Waals surface area contributed by atoms with E-state index in [0.29, 0.717) is 26.3 Å². The number of hydrogen-bond acceptors (Lipinski definition) is 2. The van der Waals surface area contributed by atoms with Gasteiger partial charge in [-0.1, -0.05) is 34.8 Å². The zero-order valence-electron chi connectivity index (χ0n) is 11.2. The first-order chi connectivity index (χ1) is 9.94. The quantitative estimate of drug-likeness (QED) is 0.559. The van der Waals surface area contributed by atoms with Crippen molar-refractivity contribution in [3.05, 3.63) is 74.9 Å². The molecule has 0 saturated heterocycles. The third-order valence-corrected chi connectivity index (χ3v) is 3.37. The lowest BCUT2D eigenvalue weighted by Gasteiger charge is -2.07. The number of anilines is 1. The lowest BCUT2D eigenvalue weighted by molar-refractivity contribution is 0.104. The van der Waals surface area contributed by atoms with Crippen LogP contribution in [0.3, 0.4) is 0 Å². The molecule has 0 atom stereocenters. The molecule has 0 aromatic heterocycles. The van der Waals surface area contributed by atoms with Crippen LogP contribution in [0.25, 0.3) is 0 Å². The molecule has 0 aliphatic rings. The minimum Gasteiger partial charge on any atom is -0.359 e. The van der Waals surface area contributed by atoms with Crippen LogP contribution in [-0.2, 0) is 0 Å². The van der Waals surface area contributed by atoms with Crippen molar-refractivity contribution in [2.24, 2.45) is 0 Å². The summed E-state index contributed by atoms with van der Waals surface area (Å²) in [5.41, 5.74) is 1.99. The second-order valence-electron chi connectivity index (χ2n) is 4.48. The molecule has 5 heteroatoms. The Hall–Kier alpha value is -1.48. The minimum absolute atomic E-state index is 0.107. The number of rotatable bonds is 4. The highest BCUT2D eigenvalue weighted by Crippen LogP contribution is 2.23. The SMILES string of the molecule is CC(=CC(=O)c1ccc(Cl)cc1)Nc1cc(Cl)cc(Cl)c1. The Morgan fingerprint density at radius 2 is 1.52 bits per heavy atom. The van der Waals surface area contributed by atoms with E-state index in [1.807, 2.05) is 0 Å². The molecule has 0 fully saturated rings. The fourth-order valence-electron chi connectivity index (χ4n) is 1.78. The first kappa shape index (κ1) is 15.9. The standard InChI is InChI=1S/C16H12Cl3NO/c1-10(20-15-8-13(18)7-14(19)9-15)6-16(21)11-2-4-12(17)5-3-11/h2-9,20H,1H3. The van der Waals surface area contributed by atoms with Crippen LogP contribution < -0.4 is 5.32 Å². The average Bonchev–Trinajstić information content (AvgIpc) is 2.37. The van der Waals surface area contributed by atoms with Gasteiger partial charge in [0.1, 0.15) is 0 Å². The summed E-state index contributed by atoms with van der Waals surface area (Å²) in [5.74, 6) is -0.107. The monoisotopic (exact) mass is 339 g/mol. The van der Waals surface area contributed by atoms with E-state index in [9.17, 15) is 4.79 Å². The van der Waals surface area contributed by atoms with E-state index in [1.165, 1.54) is 6.08 Å². The van der Waals surface area contributed by atoms with E-state index in [4.69, 9.17) is 34.8 Å². The van der Waals surface area contributed by atoms with Crippen molar-refractivity contribution in [2.75, 3.05) is 5.32 Å². The molecule has 1 N–H and O–H groups in total. The number of carbonyl (C=O) groups is 1. The highest BCUT2D eigenvalue weighted by Gasteiger charge is 2.04. The van der Waals surface area contributed by atoms with E-state index in [1.54, 1.807) is 49.4 Å². The zero-order chi connectivity index (χ0) is 15.4. The molecule has 0 unspecified atom stereocenters. The highest BCUT2D eigenvalue weighted by atomic mass is 35.5. The molecule has 0 heterocycles. The molecule has 0 spiro atoms. The van der Waals surface area contributed by atoms with Gasteiger partial charge in [-0.2, -0.15) is 0 Å². The zero-order valence-corrected chi connectivity index (χ0v) is 13.4. The van der Waals surface area contributed by atoms with E-state index in [-0.39, 0.29) is 5.78 Å². The van der Waals surface area contributed by atoms with Crippen molar-refractivity contribution in [1.29, 1.82) is 0 Å². The van der Waals surface area contributed by atoms with Crippen molar-refractivity contribution in [2.45, 2.75) is 6.92 Å². The van der Waals surface area contributed by atoms with Gasteiger partial charge >= 0.3 is 0 Å². The Balaban J connectivity index is 2.13. The van der Waals surface area contributed by atoms with Crippen molar-refractivity contribution in [3.63, 3.8) is 0 Å². The lowest BCUT2D eigenvalue weighted by Crippen LogP contribution is -2.01. The van der Waals surface area contributed by atoms with Crippen LogP contribution in [0.5, 0.6) is 0 Å². The number of hydrogen-bond donors (Lipinski definition) is 1. The summed E-state index contributed by atoms with van der Waals surface area (Å²) in [6.45, 7) is 1.79. The van der Waals surface area contributed by atoms with Gasteiger partial charge in [0.15, 0.2) is 5.78 Å². The molecular weight excluding hydrogens is 329 g/mol. The van der Waals surface area contributed by atoms with Crippen molar-refractivity contribution in [3.8, 4) is 0 Å². The summed E-state index contributed by atoms with van der Waals surface area (Å²) in [7, 11) is 0. The Kier molecular flexibility index (Phi) is 5.29. The molecule has 2 aromatic carbocycles. The highest BCUT2D eigenvalue weighted by molar-refractivity contribution is 6.35. The maximum atomic E-state index is 12.1. The molecule has 0 amide bonds. The fraction of sp³-hybridized carbons (Fsp3) is 0.0625. The predicted octanol–water partition coefficient (Wildman–Crippen LogP) is 5.85. The summed E-state index contributed by atoms with van der Waals surface area (Å²) in [6.07, 6.45) is 1.51. The predicted molar refractivity (Wildman–Crippen MR) is 89.6 cm³/mol. The van der Waals surface area contributed by atoms with Gasteiger partial charge in [0.2, 0.25) is 0 Å². The number of allylic oxidation sites excluding steroid dienone is 2. The average molecular weight is 341 g/mol. The third kappa shape index (κ3) is 4.78. The second kappa shape index (κ2) is 6.99. The van der Waals surface area contributed by atoms with Gasteiger partial charge < -0.3 is 5.32 Å². The maximum absolute atomic E-state index is 12.1. The Morgan fingerprint density at radius 3 is 2.10 bits per heavy atom. The topological polar surface area (TPSA) is 29.1 Å². The maximum Gasteiger partial charge on any atom is 0.187 e. The Labute approximate surface area is 138 Å². The second-order valence-corrected chi connectivity index (χ2v) is 5.79. The minimum atomic E-state index is -0.107. The van der Waals surface area contributed by atoms with Gasteiger partial charge in [0.25, 0.3) is 0 Å². The van der Waals surface area contributed by atoms with Gasteiger partial charge in [-0.05, 0) is 49.4 Å². The van der Waals surface area contributed by atoms with E-state index in [0.717, 1.165) is 5.69 Å². The molecule has 0 radical (unpaired) electrons. The molecule has 2 rings (SSSR count). The summed E-state index contributed by atoms with van der Waals surface area (Å²) in [5, 5.41) is 4.74. The number of halogens is 3. The number of ketones is 1. The first-order valence-corrected chi connectivity index (χ1v) is 7.29. The largest absolute Gasteiger partial charge is 0.359 e. The van der Waals surface area contributed by atoms with Crippen LogP contribution >= 0.6 is 34.8 Å².